The standard InChI is InChI=1S/C16H22N2O3/c19-16(20)14-5-6-18(15-4-2-1-3-13(14)15)8-7-17-9-11-21-12-10-17/h1-4,14H,5-12H2,(H,19,20). The number of carboxylic acids is 1. The van der Waals surface area contributed by atoms with E-state index in [9.17, 15) is 9.90 Å². The fourth-order valence-corrected chi connectivity index (χ4v) is 3.21. The molecule has 1 aromatic carbocycles. The summed E-state index contributed by atoms with van der Waals surface area (Å²) >= 11 is 0. The van der Waals surface area contributed by atoms with Crippen LogP contribution in [-0.2, 0) is 9.53 Å². The van der Waals surface area contributed by atoms with Gasteiger partial charge in [-0.3, -0.25) is 9.69 Å². The number of carbonyl (C=O) groups is 1. The van der Waals surface area contributed by atoms with Gasteiger partial charge < -0.3 is 14.7 Å². The van der Waals surface area contributed by atoms with E-state index in [1.807, 2.05) is 24.3 Å². The second-order valence-electron chi connectivity index (χ2n) is 5.68. The molecule has 21 heavy (non-hydrogen) atoms. The number of morpholine rings is 1. The quantitative estimate of drug-likeness (QED) is 0.908. The minimum Gasteiger partial charge on any atom is -0.481 e. The number of hydrogen-bond acceptors (Lipinski definition) is 4. The molecule has 1 atom stereocenters. The number of nitrogens with zero attached hydrogens (tertiary/aromatic N) is 2. The van der Waals surface area contributed by atoms with Crippen molar-refractivity contribution < 1.29 is 14.6 Å². The van der Waals surface area contributed by atoms with Crippen LogP contribution in [0, 0.1) is 0 Å². The number of anilines is 1. The molecule has 5 heteroatoms. The Labute approximate surface area is 125 Å². The molecule has 2 aliphatic heterocycles. The zero-order chi connectivity index (χ0) is 14.7. The smallest absolute Gasteiger partial charge is 0.311 e. The van der Waals surface area contributed by atoms with Crippen LogP contribution in [0.2, 0.25) is 0 Å². The van der Waals surface area contributed by atoms with Crippen LogP contribution in [0.15, 0.2) is 24.3 Å². The molecule has 0 aliphatic carbocycles. The Hall–Kier alpha value is -1.59. The lowest BCUT2D eigenvalue weighted by atomic mass is 9.90. The van der Waals surface area contributed by atoms with Gasteiger partial charge in [0.15, 0.2) is 0 Å². The third kappa shape index (κ3) is 3.19. The molecular weight excluding hydrogens is 268 g/mol. The number of hydrogen-bond donors (Lipinski definition) is 1. The van der Waals surface area contributed by atoms with E-state index in [1.165, 1.54) is 0 Å². The maximum atomic E-state index is 11.4. The molecule has 2 aliphatic rings. The zero-order valence-corrected chi connectivity index (χ0v) is 12.2. The van der Waals surface area contributed by atoms with Gasteiger partial charge in [0.05, 0.1) is 19.1 Å². The molecule has 1 fully saturated rings. The molecule has 0 saturated carbocycles. The lowest BCUT2D eigenvalue weighted by Gasteiger charge is -2.36. The van der Waals surface area contributed by atoms with E-state index >= 15 is 0 Å². The molecule has 0 spiro atoms. The maximum absolute atomic E-state index is 11.4. The molecule has 1 unspecified atom stereocenters. The second-order valence-corrected chi connectivity index (χ2v) is 5.68. The minimum absolute atomic E-state index is 0.360. The van der Waals surface area contributed by atoms with Gasteiger partial charge in [0.25, 0.3) is 0 Å². The highest BCUT2D eigenvalue weighted by atomic mass is 16.5. The summed E-state index contributed by atoms with van der Waals surface area (Å²) in [5.74, 6) is -1.07. The number of rotatable bonds is 4. The van der Waals surface area contributed by atoms with Crippen LogP contribution in [0.5, 0.6) is 0 Å². The van der Waals surface area contributed by atoms with E-state index in [1.54, 1.807) is 0 Å². The fraction of sp³-hybridized carbons (Fsp3) is 0.562. The van der Waals surface area contributed by atoms with Crippen molar-refractivity contribution in [1.82, 2.24) is 4.90 Å². The van der Waals surface area contributed by atoms with Gasteiger partial charge in [-0.1, -0.05) is 18.2 Å². The first-order valence-electron chi connectivity index (χ1n) is 7.62. The molecule has 0 radical (unpaired) electrons. The Morgan fingerprint density at radius 2 is 1.95 bits per heavy atom. The first-order chi connectivity index (χ1) is 10.3. The van der Waals surface area contributed by atoms with Gasteiger partial charge in [-0.05, 0) is 18.1 Å². The van der Waals surface area contributed by atoms with Crippen LogP contribution in [0.25, 0.3) is 0 Å². The van der Waals surface area contributed by atoms with Crippen LogP contribution in [0.4, 0.5) is 5.69 Å². The summed E-state index contributed by atoms with van der Waals surface area (Å²) in [4.78, 5) is 16.1. The monoisotopic (exact) mass is 290 g/mol. The third-order valence-corrected chi connectivity index (χ3v) is 4.43. The van der Waals surface area contributed by atoms with Crippen LogP contribution in [0.1, 0.15) is 17.9 Å². The second kappa shape index (κ2) is 6.45. The number of para-hydroxylation sites is 1. The lowest BCUT2D eigenvalue weighted by Crippen LogP contribution is -2.43. The van der Waals surface area contributed by atoms with Gasteiger partial charge in [0, 0.05) is 38.4 Å². The first kappa shape index (κ1) is 14.4. The highest BCUT2D eigenvalue weighted by molar-refractivity contribution is 5.80. The number of fused-ring (bicyclic) bond motifs is 1. The molecule has 0 bridgehead atoms. The van der Waals surface area contributed by atoms with E-state index in [4.69, 9.17) is 4.74 Å². The van der Waals surface area contributed by atoms with Crippen molar-refractivity contribution in [3.8, 4) is 0 Å². The van der Waals surface area contributed by atoms with Crippen molar-refractivity contribution in [3.63, 3.8) is 0 Å². The Bertz CT molecular complexity index is 500. The lowest BCUT2D eigenvalue weighted by molar-refractivity contribution is -0.139. The summed E-state index contributed by atoms with van der Waals surface area (Å²) in [6.07, 6.45) is 0.690. The van der Waals surface area contributed by atoms with Gasteiger partial charge in [-0.25, -0.2) is 0 Å². The normalized spacial score (nSPS) is 22.9. The van der Waals surface area contributed by atoms with Crippen molar-refractivity contribution in [2.24, 2.45) is 0 Å². The van der Waals surface area contributed by atoms with Crippen LogP contribution < -0.4 is 4.90 Å². The van der Waals surface area contributed by atoms with E-state index in [2.05, 4.69) is 9.80 Å². The van der Waals surface area contributed by atoms with Gasteiger partial charge in [-0.15, -0.1) is 0 Å². The average Bonchev–Trinajstić information content (AvgIpc) is 2.53. The van der Waals surface area contributed by atoms with Crippen LogP contribution in [-0.4, -0.2) is 61.9 Å². The average molecular weight is 290 g/mol. The molecule has 1 aromatic rings. The van der Waals surface area contributed by atoms with Crippen molar-refractivity contribution in [2.75, 3.05) is 50.8 Å². The van der Waals surface area contributed by atoms with Crippen molar-refractivity contribution in [3.05, 3.63) is 29.8 Å². The number of benzene rings is 1. The predicted octanol–water partition coefficient (Wildman–Crippen LogP) is 1.40. The number of carboxylic acid groups (broad SMARTS) is 1. The Balaban J connectivity index is 1.69. The largest absolute Gasteiger partial charge is 0.481 e. The van der Waals surface area contributed by atoms with E-state index < -0.39 is 5.97 Å². The zero-order valence-electron chi connectivity index (χ0n) is 12.2. The highest BCUT2D eigenvalue weighted by Crippen LogP contribution is 2.35. The summed E-state index contributed by atoms with van der Waals surface area (Å²) in [5.41, 5.74) is 2.04. The molecule has 1 saturated heterocycles. The highest BCUT2D eigenvalue weighted by Gasteiger charge is 2.29. The number of ether oxygens (including phenoxy) is 1. The Morgan fingerprint density at radius 1 is 1.19 bits per heavy atom. The molecule has 0 amide bonds. The van der Waals surface area contributed by atoms with Crippen molar-refractivity contribution in [1.29, 1.82) is 0 Å². The van der Waals surface area contributed by atoms with E-state index in [-0.39, 0.29) is 5.92 Å². The molecule has 5 nitrogen and oxygen atoms in total. The Morgan fingerprint density at radius 3 is 2.71 bits per heavy atom. The van der Waals surface area contributed by atoms with E-state index in [0.29, 0.717) is 6.42 Å². The van der Waals surface area contributed by atoms with Gasteiger partial charge in [0.2, 0.25) is 0 Å². The first-order valence-corrected chi connectivity index (χ1v) is 7.62. The van der Waals surface area contributed by atoms with Gasteiger partial charge >= 0.3 is 5.97 Å². The summed E-state index contributed by atoms with van der Waals surface area (Å²) < 4.78 is 5.37. The van der Waals surface area contributed by atoms with Crippen LogP contribution in [0.3, 0.4) is 0 Å². The fourth-order valence-electron chi connectivity index (χ4n) is 3.21. The van der Waals surface area contributed by atoms with Crippen LogP contribution >= 0.6 is 0 Å². The van der Waals surface area contributed by atoms with Crippen molar-refractivity contribution >= 4 is 11.7 Å². The van der Waals surface area contributed by atoms with Gasteiger partial charge in [-0.2, -0.15) is 0 Å². The predicted molar refractivity (Wildman–Crippen MR) is 80.9 cm³/mol. The summed E-state index contributed by atoms with van der Waals surface area (Å²) in [6.45, 7) is 6.40. The topological polar surface area (TPSA) is 53.0 Å². The molecule has 114 valence electrons. The Kier molecular flexibility index (Phi) is 4.41. The van der Waals surface area contributed by atoms with E-state index in [0.717, 1.165) is 57.2 Å². The molecule has 2 heterocycles. The molecule has 0 aromatic heterocycles. The minimum atomic E-state index is -0.713. The summed E-state index contributed by atoms with van der Waals surface area (Å²) in [7, 11) is 0. The molecule has 1 N–H and O–H groups in total. The third-order valence-electron chi connectivity index (χ3n) is 4.43. The number of aliphatic carboxylic acids is 1. The maximum Gasteiger partial charge on any atom is 0.311 e. The summed E-state index contributed by atoms with van der Waals surface area (Å²) in [5, 5.41) is 9.36. The molecular formula is C16H22N2O3. The summed E-state index contributed by atoms with van der Waals surface area (Å²) in [6, 6.07) is 7.92. The molecule has 3 rings (SSSR count). The van der Waals surface area contributed by atoms with Gasteiger partial charge in [0.1, 0.15) is 0 Å². The van der Waals surface area contributed by atoms with Crippen molar-refractivity contribution in [2.45, 2.75) is 12.3 Å². The SMILES string of the molecule is O=C(O)C1CCN(CCN2CCOCC2)c2ccccc21.